The Morgan fingerprint density at radius 2 is 1.81 bits per heavy atom. The third-order valence-corrected chi connectivity index (χ3v) is 5.27. The molecule has 26 heavy (non-hydrogen) atoms. The van der Waals surface area contributed by atoms with Gasteiger partial charge in [-0.15, -0.1) is 0 Å². The standard InChI is InChI=1S/C20H23N3O3/c24-19(22-14-7-1-2-8-14)17-18(26-13-21-17)15-9-3-4-10-16(15)20(25)23-11-5-6-12-23/h3-4,9-10,13-14H,1-2,5-8,11-12H2,(H,22,24). The van der Waals surface area contributed by atoms with Gasteiger partial charge < -0.3 is 14.6 Å². The molecule has 2 fully saturated rings. The summed E-state index contributed by atoms with van der Waals surface area (Å²) in [5.41, 5.74) is 1.43. The number of aromatic nitrogens is 1. The van der Waals surface area contributed by atoms with E-state index in [1.807, 2.05) is 23.1 Å². The molecule has 2 amide bonds. The molecule has 136 valence electrons. The first-order valence-corrected chi connectivity index (χ1v) is 9.37. The summed E-state index contributed by atoms with van der Waals surface area (Å²) in [6.45, 7) is 1.55. The highest BCUT2D eigenvalue weighted by Crippen LogP contribution is 2.29. The molecule has 2 aliphatic rings. The Labute approximate surface area is 152 Å². The van der Waals surface area contributed by atoms with Gasteiger partial charge in [0.1, 0.15) is 0 Å². The lowest BCUT2D eigenvalue weighted by Crippen LogP contribution is -2.33. The molecule has 2 aromatic rings. The molecular formula is C20H23N3O3. The van der Waals surface area contributed by atoms with Crippen molar-refractivity contribution in [2.75, 3.05) is 13.1 Å². The lowest BCUT2D eigenvalue weighted by atomic mass is 10.0. The molecule has 6 heteroatoms. The monoisotopic (exact) mass is 353 g/mol. The summed E-state index contributed by atoms with van der Waals surface area (Å²) in [5, 5.41) is 3.04. The minimum atomic E-state index is -0.232. The van der Waals surface area contributed by atoms with Gasteiger partial charge in [0.2, 0.25) is 0 Å². The number of hydrogen-bond acceptors (Lipinski definition) is 4. The van der Waals surface area contributed by atoms with Crippen LogP contribution in [-0.4, -0.2) is 40.8 Å². The van der Waals surface area contributed by atoms with Gasteiger partial charge in [0.15, 0.2) is 17.8 Å². The average Bonchev–Trinajstić information content (AvgIpc) is 3.42. The molecule has 1 N–H and O–H groups in total. The van der Waals surface area contributed by atoms with E-state index in [1.165, 1.54) is 6.39 Å². The number of benzene rings is 1. The van der Waals surface area contributed by atoms with E-state index in [9.17, 15) is 9.59 Å². The molecule has 1 aliphatic carbocycles. The zero-order valence-electron chi connectivity index (χ0n) is 14.7. The van der Waals surface area contributed by atoms with Crippen LogP contribution in [0.3, 0.4) is 0 Å². The Bertz CT molecular complexity index is 802. The van der Waals surface area contributed by atoms with E-state index in [1.54, 1.807) is 6.07 Å². The molecule has 1 saturated heterocycles. The van der Waals surface area contributed by atoms with Gasteiger partial charge in [-0.05, 0) is 31.7 Å². The molecule has 2 heterocycles. The summed E-state index contributed by atoms with van der Waals surface area (Å²) >= 11 is 0. The van der Waals surface area contributed by atoms with Crippen LogP contribution in [0.1, 0.15) is 59.4 Å². The average molecular weight is 353 g/mol. The Morgan fingerprint density at radius 3 is 2.58 bits per heavy atom. The summed E-state index contributed by atoms with van der Waals surface area (Å²) in [7, 11) is 0. The van der Waals surface area contributed by atoms with Crippen LogP contribution < -0.4 is 5.32 Å². The maximum Gasteiger partial charge on any atom is 0.274 e. The zero-order chi connectivity index (χ0) is 17.9. The van der Waals surface area contributed by atoms with Gasteiger partial charge in [0.05, 0.1) is 5.56 Å². The molecule has 1 aliphatic heterocycles. The number of nitrogens with one attached hydrogen (secondary N) is 1. The minimum absolute atomic E-state index is 0.0170. The van der Waals surface area contributed by atoms with Crippen LogP contribution in [0.4, 0.5) is 0 Å². The SMILES string of the molecule is O=C(NC1CCCC1)c1ncoc1-c1ccccc1C(=O)N1CCCC1. The first kappa shape index (κ1) is 16.8. The molecular weight excluding hydrogens is 330 g/mol. The predicted octanol–water partition coefficient (Wildman–Crippen LogP) is 3.25. The van der Waals surface area contributed by atoms with E-state index in [0.29, 0.717) is 16.9 Å². The van der Waals surface area contributed by atoms with Crippen molar-refractivity contribution in [3.63, 3.8) is 0 Å². The number of carbonyl (C=O) groups excluding carboxylic acids is 2. The van der Waals surface area contributed by atoms with Crippen molar-refractivity contribution in [3.05, 3.63) is 41.9 Å². The Kier molecular flexibility index (Phi) is 4.73. The van der Waals surface area contributed by atoms with Gasteiger partial charge in [-0.1, -0.05) is 31.0 Å². The first-order chi connectivity index (χ1) is 12.7. The van der Waals surface area contributed by atoms with Gasteiger partial charge in [0, 0.05) is 24.7 Å². The molecule has 1 aromatic heterocycles. The summed E-state index contributed by atoms with van der Waals surface area (Å²) < 4.78 is 5.55. The maximum atomic E-state index is 12.9. The third-order valence-electron chi connectivity index (χ3n) is 5.27. The largest absolute Gasteiger partial charge is 0.443 e. The zero-order valence-corrected chi connectivity index (χ0v) is 14.7. The molecule has 0 radical (unpaired) electrons. The number of rotatable bonds is 4. The van der Waals surface area contributed by atoms with Gasteiger partial charge in [0.25, 0.3) is 11.8 Å². The van der Waals surface area contributed by atoms with E-state index in [0.717, 1.165) is 51.6 Å². The van der Waals surface area contributed by atoms with Crippen molar-refractivity contribution in [2.24, 2.45) is 0 Å². The lowest BCUT2D eigenvalue weighted by Gasteiger charge is -2.17. The topological polar surface area (TPSA) is 75.4 Å². The summed E-state index contributed by atoms with van der Waals surface area (Å²) in [6.07, 6.45) is 7.63. The van der Waals surface area contributed by atoms with Crippen molar-refractivity contribution in [3.8, 4) is 11.3 Å². The fraction of sp³-hybridized carbons (Fsp3) is 0.450. The number of oxazole rings is 1. The van der Waals surface area contributed by atoms with Crippen molar-refractivity contribution >= 4 is 11.8 Å². The fourth-order valence-corrected chi connectivity index (χ4v) is 3.88. The molecule has 6 nitrogen and oxygen atoms in total. The fourth-order valence-electron chi connectivity index (χ4n) is 3.88. The molecule has 4 rings (SSSR count). The second kappa shape index (κ2) is 7.32. The van der Waals surface area contributed by atoms with E-state index >= 15 is 0 Å². The summed E-state index contributed by atoms with van der Waals surface area (Å²) in [5.74, 6) is 0.115. The van der Waals surface area contributed by atoms with Crippen LogP contribution in [0.2, 0.25) is 0 Å². The number of amides is 2. The molecule has 0 spiro atoms. The first-order valence-electron chi connectivity index (χ1n) is 9.37. The number of carbonyl (C=O) groups is 2. The second-order valence-electron chi connectivity index (χ2n) is 7.03. The van der Waals surface area contributed by atoms with Gasteiger partial charge in [-0.25, -0.2) is 4.98 Å². The van der Waals surface area contributed by atoms with Crippen molar-refractivity contribution in [1.82, 2.24) is 15.2 Å². The van der Waals surface area contributed by atoms with Crippen LogP contribution in [0, 0.1) is 0 Å². The highest BCUT2D eigenvalue weighted by atomic mass is 16.3. The normalized spacial score (nSPS) is 17.6. The van der Waals surface area contributed by atoms with E-state index < -0.39 is 0 Å². The van der Waals surface area contributed by atoms with Crippen molar-refractivity contribution in [2.45, 2.75) is 44.6 Å². The summed E-state index contributed by atoms with van der Waals surface area (Å²) in [6, 6.07) is 7.49. The maximum absolute atomic E-state index is 12.9. The van der Waals surface area contributed by atoms with Gasteiger partial charge in [-0.2, -0.15) is 0 Å². The number of nitrogens with zero attached hydrogens (tertiary/aromatic N) is 2. The molecule has 1 aromatic carbocycles. The smallest absolute Gasteiger partial charge is 0.274 e. The Morgan fingerprint density at radius 1 is 1.08 bits per heavy atom. The van der Waals surface area contributed by atoms with E-state index in [-0.39, 0.29) is 23.6 Å². The molecule has 0 atom stereocenters. The van der Waals surface area contributed by atoms with Crippen LogP contribution in [-0.2, 0) is 0 Å². The Balaban J connectivity index is 1.63. The van der Waals surface area contributed by atoms with E-state index in [4.69, 9.17) is 4.42 Å². The van der Waals surface area contributed by atoms with Crippen LogP contribution in [0.25, 0.3) is 11.3 Å². The minimum Gasteiger partial charge on any atom is -0.443 e. The third kappa shape index (κ3) is 3.23. The summed E-state index contributed by atoms with van der Waals surface area (Å²) in [4.78, 5) is 31.5. The van der Waals surface area contributed by atoms with Crippen LogP contribution >= 0.6 is 0 Å². The number of likely N-dealkylation sites (tertiary alicyclic amines) is 1. The highest BCUT2D eigenvalue weighted by Gasteiger charge is 2.27. The van der Waals surface area contributed by atoms with Crippen LogP contribution in [0.15, 0.2) is 35.1 Å². The molecule has 1 saturated carbocycles. The molecule has 0 unspecified atom stereocenters. The van der Waals surface area contributed by atoms with Crippen LogP contribution in [0.5, 0.6) is 0 Å². The second-order valence-corrected chi connectivity index (χ2v) is 7.03. The van der Waals surface area contributed by atoms with E-state index in [2.05, 4.69) is 10.3 Å². The number of hydrogen-bond donors (Lipinski definition) is 1. The predicted molar refractivity (Wildman–Crippen MR) is 96.8 cm³/mol. The van der Waals surface area contributed by atoms with Crippen molar-refractivity contribution in [1.29, 1.82) is 0 Å². The Hall–Kier alpha value is -2.63. The quantitative estimate of drug-likeness (QED) is 0.915. The van der Waals surface area contributed by atoms with Gasteiger partial charge in [-0.3, -0.25) is 9.59 Å². The molecule has 0 bridgehead atoms. The highest BCUT2D eigenvalue weighted by molar-refractivity contribution is 6.04. The lowest BCUT2D eigenvalue weighted by molar-refractivity contribution is 0.0792. The van der Waals surface area contributed by atoms with Crippen molar-refractivity contribution < 1.29 is 14.0 Å². The van der Waals surface area contributed by atoms with Gasteiger partial charge >= 0.3 is 0 Å².